The molecule has 0 spiro atoms. The minimum Gasteiger partial charge on any atom is -0.396 e. The van der Waals surface area contributed by atoms with Crippen LogP contribution in [0.25, 0.3) is 0 Å². The van der Waals surface area contributed by atoms with Crippen molar-refractivity contribution in [2.45, 2.75) is 38.0 Å². The van der Waals surface area contributed by atoms with Gasteiger partial charge in [-0.1, -0.05) is 0 Å². The number of hydrogen-bond acceptors (Lipinski definition) is 9. The van der Waals surface area contributed by atoms with Gasteiger partial charge in [0.25, 0.3) is 0 Å². The lowest BCUT2D eigenvalue weighted by atomic mass is 9.98. The molecule has 0 amide bonds. The first-order valence-electron chi connectivity index (χ1n) is 8.93. The van der Waals surface area contributed by atoms with E-state index in [1.54, 1.807) is 0 Å². The second-order valence-electron chi connectivity index (χ2n) is 6.43. The third-order valence-corrected chi connectivity index (χ3v) is 4.83. The topological polar surface area (TPSA) is 124 Å². The van der Waals surface area contributed by atoms with Gasteiger partial charge in [0.05, 0.1) is 20.3 Å². The summed E-state index contributed by atoms with van der Waals surface area (Å²) < 4.78 is 5.53. The van der Waals surface area contributed by atoms with Gasteiger partial charge in [-0.3, -0.25) is 4.90 Å². The summed E-state index contributed by atoms with van der Waals surface area (Å²) >= 11 is 0. The number of aliphatic hydroxyl groups is 3. The molecule has 1 aliphatic carbocycles. The van der Waals surface area contributed by atoms with Gasteiger partial charge in [-0.2, -0.15) is 5.48 Å². The van der Waals surface area contributed by atoms with Crippen molar-refractivity contribution >= 4 is 0 Å². The summed E-state index contributed by atoms with van der Waals surface area (Å²) in [7, 11) is 1.45. The highest BCUT2D eigenvalue weighted by atomic mass is 17.2. The van der Waals surface area contributed by atoms with Crippen LogP contribution in [0.2, 0.25) is 0 Å². The van der Waals surface area contributed by atoms with Crippen molar-refractivity contribution in [2.75, 3.05) is 53.2 Å². The Labute approximate surface area is 149 Å². The van der Waals surface area contributed by atoms with Crippen LogP contribution in [-0.2, 0) is 14.5 Å². The lowest BCUT2D eigenvalue weighted by molar-refractivity contribution is -0.277. The molecular weight excluding hydrogens is 332 g/mol. The Kier molecular flexibility index (Phi) is 12.5. The fraction of sp³-hybridized carbons (Fsp3) is 1.00. The van der Waals surface area contributed by atoms with Gasteiger partial charge in [-0.25, -0.2) is 9.78 Å². The molecule has 1 aliphatic rings. The van der Waals surface area contributed by atoms with Gasteiger partial charge in [0.2, 0.25) is 0 Å². The van der Waals surface area contributed by atoms with Crippen LogP contribution in [0.15, 0.2) is 0 Å². The second-order valence-corrected chi connectivity index (χ2v) is 6.43. The lowest BCUT2D eigenvalue weighted by Gasteiger charge is -2.29. The van der Waals surface area contributed by atoms with E-state index in [1.165, 1.54) is 7.11 Å². The molecular formula is C16H34N2O7. The molecule has 5 N–H and O–H groups in total. The third-order valence-electron chi connectivity index (χ3n) is 4.83. The summed E-state index contributed by atoms with van der Waals surface area (Å²) in [6.07, 6.45) is 1.91. The predicted octanol–water partition coefficient (Wildman–Crippen LogP) is -0.660. The molecule has 1 rings (SSSR count). The maximum atomic E-state index is 9.50. The molecule has 150 valence electrons. The lowest BCUT2D eigenvalue weighted by Crippen LogP contribution is -2.38. The number of nitrogens with zero attached hydrogens (tertiary/aromatic N) is 1. The van der Waals surface area contributed by atoms with Crippen LogP contribution in [0.3, 0.4) is 0 Å². The highest BCUT2D eigenvalue weighted by molar-refractivity contribution is 4.88. The largest absolute Gasteiger partial charge is 0.396 e. The van der Waals surface area contributed by atoms with Gasteiger partial charge in [0.1, 0.15) is 12.8 Å². The van der Waals surface area contributed by atoms with E-state index in [0.717, 1.165) is 25.9 Å². The quantitative estimate of drug-likeness (QED) is 0.111. The number of hydrogen-bond donors (Lipinski definition) is 5. The van der Waals surface area contributed by atoms with Crippen LogP contribution >= 0.6 is 0 Å². The predicted molar refractivity (Wildman–Crippen MR) is 89.7 cm³/mol. The van der Waals surface area contributed by atoms with E-state index >= 15 is 0 Å². The van der Waals surface area contributed by atoms with Crippen molar-refractivity contribution in [3.63, 3.8) is 0 Å². The zero-order valence-electron chi connectivity index (χ0n) is 15.0. The fourth-order valence-electron chi connectivity index (χ4n) is 3.41. The van der Waals surface area contributed by atoms with Gasteiger partial charge in [0, 0.05) is 25.8 Å². The Morgan fingerprint density at radius 3 is 2.32 bits per heavy atom. The van der Waals surface area contributed by atoms with E-state index in [9.17, 15) is 15.3 Å². The number of nitrogens with one attached hydrogen (secondary N) is 1. The Hall–Kier alpha value is -0.360. The average Bonchev–Trinajstić information content (AvgIpc) is 3.06. The molecule has 0 bridgehead atoms. The summed E-state index contributed by atoms with van der Waals surface area (Å²) in [5.74, 6) is 0.247. The van der Waals surface area contributed by atoms with Crippen molar-refractivity contribution < 1.29 is 35.0 Å². The van der Waals surface area contributed by atoms with E-state index in [-0.39, 0.29) is 31.1 Å². The highest BCUT2D eigenvalue weighted by Crippen LogP contribution is 2.34. The standard InChI is InChI=1S/C16H34N2O7/c1-23-25-8-7-24-6-5-18(4-2-3-16(21)17-22)15-9-13(11-19)14(10-15)12-20/h13-17,19-22H,2-12H2,1H3. The Morgan fingerprint density at radius 2 is 1.76 bits per heavy atom. The van der Waals surface area contributed by atoms with Gasteiger partial charge in [-0.15, -0.1) is 0 Å². The Morgan fingerprint density at radius 1 is 1.08 bits per heavy atom. The SMILES string of the molecule is COOCCOCCN(CCCC(O)NO)C1CC(CO)C(CO)C1. The summed E-state index contributed by atoms with van der Waals surface area (Å²) in [5.41, 5.74) is 1.83. The van der Waals surface area contributed by atoms with Gasteiger partial charge < -0.3 is 25.3 Å². The first-order valence-corrected chi connectivity index (χ1v) is 8.93. The van der Waals surface area contributed by atoms with Crippen molar-refractivity contribution in [3.05, 3.63) is 0 Å². The molecule has 1 fully saturated rings. The maximum absolute atomic E-state index is 9.50. The number of aliphatic hydroxyl groups excluding tert-OH is 3. The van der Waals surface area contributed by atoms with Crippen LogP contribution in [0.5, 0.6) is 0 Å². The summed E-state index contributed by atoms with van der Waals surface area (Å²) in [6.45, 7) is 3.00. The fourth-order valence-corrected chi connectivity index (χ4v) is 3.41. The molecule has 9 heteroatoms. The molecule has 25 heavy (non-hydrogen) atoms. The van der Waals surface area contributed by atoms with Crippen LogP contribution in [0.1, 0.15) is 25.7 Å². The molecule has 3 unspecified atom stereocenters. The van der Waals surface area contributed by atoms with Crippen molar-refractivity contribution in [1.82, 2.24) is 10.4 Å². The first-order chi connectivity index (χ1) is 12.2. The van der Waals surface area contributed by atoms with Crippen molar-refractivity contribution in [3.8, 4) is 0 Å². The van der Waals surface area contributed by atoms with E-state index in [2.05, 4.69) is 9.79 Å². The Bertz CT molecular complexity index is 313. The minimum atomic E-state index is -0.928. The smallest absolute Gasteiger partial charge is 0.126 e. The van der Waals surface area contributed by atoms with Crippen LogP contribution < -0.4 is 5.48 Å². The molecule has 0 radical (unpaired) electrons. The van der Waals surface area contributed by atoms with Gasteiger partial charge >= 0.3 is 0 Å². The molecule has 0 aromatic heterocycles. The molecule has 0 aliphatic heterocycles. The third kappa shape index (κ3) is 8.72. The summed E-state index contributed by atoms with van der Waals surface area (Å²) in [5, 5.41) is 37.1. The number of hydroxylamine groups is 1. The van der Waals surface area contributed by atoms with E-state index in [0.29, 0.717) is 32.7 Å². The first kappa shape index (κ1) is 22.7. The molecule has 0 aromatic carbocycles. The summed E-state index contributed by atoms with van der Waals surface area (Å²) in [4.78, 5) is 11.5. The second kappa shape index (κ2) is 13.8. The van der Waals surface area contributed by atoms with E-state index < -0.39 is 6.23 Å². The Balaban J connectivity index is 2.44. The number of ether oxygens (including phenoxy) is 1. The van der Waals surface area contributed by atoms with Gasteiger partial charge in [-0.05, 0) is 44.1 Å². The highest BCUT2D eigenvalue weighted by Gasteiger charge is 2.36. The molecule has 3 atom stereocenters. The van der Waals surface area contributed by atoms with Crippen molar-refractivity contribution in [1.29, 1.82) is 0 Å². The van der Waals surface area contributed by atoms with Crippen LogP contribution in [-0.4, -0.2) is 90.9 Å². The molecule has 1 saturated carbocycles. The average molecular weight is 366 g/mol. The molecule has 0 saturated heterocycles. The minimum absolute atomic E-state index is 0.0908. The molecule has 9 nitrogen and oxygen atoms in total. The maximum Gasteiger partial charge on any atom is 0.126 e. The van der Waals surface area contributed by atoms with Crippen molar-refractivity contribution in [2.24, 2.45) is 11.8 Å². The summed E-state index contributed by atoms with van der Waals surface area (Å²) in [6, 6.07) is 0.271. The monoisotopic (exact) mass is 366 g/mol. The zero-order chi connectivity index (χ0) is 18.5. The molecule has 0 aromatic rings. The van der Waals surface area contributed by atoms with Crippen LogP contribution in [0.4, 0.5) is 0 Å². The van der Waals surface area contributed by atoms with E-state index in [1.807, 2.05) is 5.48 Å². The van der Waals surface area contributed by atoms with E-state index in [4.69, 9.17) is 14.8 Å². The zero-order valence-corrected chi connectivity index (χ0v) is 15.0. The van der Waals surface area contributed by atoms with Crippen LogP contribution in [0, 0.1) is 11.8 Å². The van der Waals surface area contributed by atoms with Gasteiger partial charge in [0.15, 0.2) is 0 Å². The normalized spacial score (nSPS) is 25.0. The molecule has 0 heterocycles. The number of rotatable bonds is 15.